The third kappa shape index (κ3) is 7.41. The van der Waals surface area contributed by atoms with Gasteiger partial charge in [0.05, 0.1) is 18.0 Å². The molecule has 256 valence electrons. The Morgan fingerprint density at radius 2 is 1.88 bits per heavy atom. The van der Waals surface area contributed by atoms with Gasteiger partial charge in [-0.05, 0) is 57.0 Å². The number of carbonyl (C=O) groups excluding carboxylic acids is 1. The Morgan fingerprint density at radius 3 is 2.59 bits per heavy atom. The number of benzene rings is 2. The topological polar surface area (TPSA) is 139 Å². The predicted octanol–water partition coefficient (Wildman–Crippen LogP) is 4.66. The molecule has 2 aromatic heterocycles. The van der Waals surface area contributed by atoms with Crippen molar-refractivity contribution in [1.29, 1.82) is 5.26 Å². The molecule has 2 aliphatic heterocycles. The lowest BCUT2D eigenvalue weighted by molar-refractivity contribution is -0.128. The average Bonchev–Trinajstić information content (AvgIpc) is 3.51. The number of hydrogen-bond acceptors (Lipinski definition) is 10. The van der Waals surface area contributed by atoms with Crippen LogP contribution in [0.1, 0.15) is 32.7 Å². The summed E-state index contributed by atoms with van der Waals surface area (Å²) in [6.07, 6.45) is 4.56. The van der Waals surface area contributed by atoms with Gasteiger partial charge in [0.2, 0.25) is 0 Å². The van der Waals surface area contributed by atoms with Crippen LogP contribution in [0.15, 0.2) is 66.5 Å². The van der Waals surface area contributed by atoms with E-state index in [2.05, 4.69) is 25.8 Å². The molecular weight excluding hydrogens is 625 g/mol. The molecule has 6 rings (SSSR count). The van der Waals surface area contributed by atoms with Crippen molar-refractivity contribution in [2.24, 2.45) is 0 Å². The van der Waals surface area contributed by atoms with Gasteiger partial charge in [0.1, 0.15) is 46.8 Å². The number of ether oxygens (including phenoxy) is 2. The minimum Gasteiger partial charge on any atom is -0.457 e. The number of rotatable bonds is 10. The van der Waals surface area contributed by atoms with Crippen molar-refractivity contribution in [3.63, 3.8) is 0 Å². The maximum absolute atomic E-state index is 15.7. The van der Waals surface area contributed by atoms with Crippen molar-refractivity contribution in [2.75, 3.05) is 65.3 Å². The lowest BCUT2D eigenvalue weighted by atomic mass is 9.96. The lowest BCUT2D eigenvalue weighted by Crippen LogP contribution is -2.54. The van der Waals surface area contributed by atoms with Crippen LogP contribution in [-0.2, 0) is 9.53 Å². The number of fused-ring (bicyclic) bond motifs is 1. The first kappa shape index (κ1) is 34.0. The van der Waals surface area contributed by atoms with Gasteiger partial charge in [0, 0.05) is 70.1 Å². The standard InChI is InChI=1S/C36H42FN9O3/c1-36(2,45-16-14-43(15-17-45)18-19-48-3)21-25(22-38)35(47)44-13-7-8-26(23-44)46-34-31(33(39)40-24-41-34)32(42-46)29-12-11-28(20-30(29)37)49-27-9-5-4-6-10-27/h4-6,9-12,20-21,24,26H,7-8,13-19,23H2,1-3H3,(H2,39,40,41)/t26-/m1/s1. The van der Waals surface area contributed by atoms with Crippen molar-refractivity contribution in [2.45, 2.75) is 38.3 Å². The molecule has 0 unspecified atom stereocenters. The van der Waals surface area contributed by atoms with Gasteiger partial charge in [-0.25, -0.2) is 19.0 Å². The third-order valence-corrected chi connectivity index (χ3v) is 9.37. The zero-order valence-electron chi connectivity index (χ0n) is 28.2. The predicted molar refractivity (Wildman–Crippen MR) is 184 cm³/mol. The first-order valence-electron chi connectivity index (χ1n) is 16.6. The normalized spacial score (nSPS) is 18.1. The molecule has 12 nitrogen and oxygen atoms in total. The Labute approximate surface area is 285 Å². The van der Waals surface area contributed by atoms with Crippen LogP contribution in [0.5, 0.6) is 11.5 Å². The molecule has 2 aromatic carbocycles. The molecule has 4 heterocycles. The van der Waals surface area contributed by atoms with Crippen molar-refractivity contribution < 1.29 is 18.7 Å². The summed E-state index contributed by atoms with van der Waals surface area (Å²) in [5.41, 5.74) is 6.94. The molecule has 0 saturated carbocycles. The number of nitrogens with two attached hydrogens (primary N) is 1. The number of piperazine rings is 1. The zero-order chi connectivity index (χ0) is 34.5. The first-order valence-corrected chi connectivity index (χ1v) is 16.6. The van der Waals surface area contributed by atoms with Crippen LogP contribution in [-0.4, -0.2) is 105 Å². The van der Waals surface area contributed by atoms with E-state index >= 15 is 4.39 Å². The van der Waals surface area contributed by atoms with Crippen LogP contribution in [0.2, 0.25) is 0 Å². The fraction of sp³-hybridized carbons (Fsp3) is 0.417. The number of nitrogen functional groups attached to an aromatic ring is 1. The molecule has 2 fully saturated rings. The summed E-state index contributed by atoms with van der Waals surface area (Å²) in [6.45, 7) is 9.93. The van der Waals surface area contributed by atoms with E-state index in [0.29, 0.717) is 60.8 Å². The van der Waals surface area contributed by atoms with Gasteiger partial charge in [0.15, 0.2) is 5.65 Å². The second-order valence-corrected chi connectivity index (χ2v) is 13.0. The number of hydrogen-bond donors (Lipinski definition) is 1. The summed E-state index contributed by atoms with van der Waals surface area (Å²) in [6, 6.07) is 15.6. The number of carbonyl (C=O) groups is 1. The number of amides is 1. The molecule has 2 N–H and O–H groups in total. The molecule has 2 saturated heterocycles. The van der Waals surface area contributed by atoms with Gasteiger partial charge in [-0.1, -0.05) is 18.2 Å². The summed E-state index contributed by atoms with van der Waals surface area (Å²) in [5.74, 6) is 0.260. The van der Waals surface area contributed by atoms with Crippen LogP contribution < -0.4 is 10.5 Å². The Morgan fingerprint density at radius 1 is 1.10 bits per heavy atom. The highest BCUT2D eigenvalue weighted by atomic mass is 19.1. The fourth-order valence-corrected chi connectivity index (χ4v) is 6.68. The Kier molecular flexibility index (Phi) is 10.2. The summed E-state index contributed by atoms with van der Waals surface area (Å²) >= 11 is 0. The van der Waals surface area contributed by atoms with Crippen molar-refractivity contribution in [3.8, 4) is 28.8 Å². The number of likely N-dealkylation sites (tertiary alicyclic amines) is 1. The van der Waals surface area contributed by atoms with Crippen LogP contribution in [0.25, 0.3) is 22.3 Å². The maximum atomic E-state index is 15.7. The summed E-state index contributed by atoms with van der Waals surface area (Å²) in [7, 11) is 1.71. The van der Waals surface area contributed by atoms with Crippen LogP contribution >= 0.6 is 0 Å². The number of halogens is 1. The zero-order valence-corrected chi connectivity index (χ0v) is 28.2. The van der Waals surface area contributed by atoms with Crippen LogP contribution in [0, 0.1) is 17.1 Å². The third-order valence-electron chi connectivity index (χ3n) is 9.37. The van der Waals surface area contributed by atoms with Gasteiger partial charge >= 0.3 is 0 Å². The van der Waals surface area contributed by atoms with Gasteiger partial charge in [-0.2, -0.15) is 10.4 Å². The van der Waals surface area contributed by atoms with Gasteiger partial charge in [-0.3, -0.25) is 14.6 Å². The fourth-order valence-electron chi connectivity index (χ4n) is 6.68. The van der Waals surface area contributed by atoms with Crippen LogP contribution in [0.3, 0.4) is 0 Å². The Balaban J connectivity index is 1.22. The SMILES string of the molecule is COCCN1CCN(C(C)(C)C=C(C#N)C(=O)N2CCC[C@@H](n3nc(-c4ccc(Oc5ccccc5)cc4F)c4c(N)ncnc43)C2)CC1. The highest BCUT2D eigenvalue weighted by Crippen LogP contribution is 2.36. The van der Waals surface area contributed by atoms with E-state index in [0.717, 1.165) is 32.7 Å². The Bertz CT molecular complexity index is 1860. The molecule has 2 aliphatic rings. The number of aromatic nitrogens is 4. The number of piperidine rings is 1. The molecule has 4 aromatic rings. The summed E-state index contributed by atoms with van der Waals surface area (Å²) < 4.78 is 28.4. The molecule has 0 bridgehead atoms. The number of para-hydroxylation sites is 1. The second-order valence-electron chi connectivity index (χ2n) is 13.0. The lowest BCUT2D eigenvalue weighted by Gasteiger charge is -2.43. The second kappa shape index (κ2) is 14.7. The number of anilines is 1. The first-order chi connectivity index (χ1) is 23.7. The van der Waals surface area contributed by atoms with E-state index in [9.17, 15) is 10.1 Å². The molecule has 0 spiro atoms. The van der Waals surface area contributed by atoms with E-state index in [1.165, 1.54) is 12.4 Å². The number of methoxy groups -OCH3 is 1. The molecular formula is C36H42FN9O3. The number of nitriles is 1. The molecule has 1 atom stereocenters. The summed E-state index contributed by atoms with van der Waals surface area (Å²) in [5, 5.41) is 15.4. The van der Waals surface area contributed by atoms with Crippen molar-refractivity contribution in [3.05, 3.63) is 72.3 Å². The largest absolute Gasteiger partial charge is 0.457 e. The molecule has 1 amide bonds. The van der Waals surface area contributed by atoms with E-state index in [1.807, 2.05) is 32.0 Å². The van der Waals surface area contributed by atoms with E-state index in [4.69, 9.17) is 20.3 Å². The van der Waals surface area contributed by atoms with Crippen molar-refractivity contribution in [1.82, 2.24) is 34.4 Å². The van der Waals surface area contributed by atoms with E-state index in [-0.39, 0.29) is 28.9 Å². The van der Waals surface area contributed by atoms with Gasteiger partial charge in [-0.15, -0.1) is 0 Å². The summed E-state index contributed by atoms with van der Waals surface area (Å²) in [4.78, 5) is 28.9. The van der Waals surface area contributed by atoms with Gasteiger partial charge < -0.3 is 20.1 Å². The molecule has 0 radical (unpaired) electrons. The van der Waals surface area contributed by atoms with Crippen LogP contribution in [0.4, 0.5) is 10.2 Å². The Hall–Kier alpha value is -4.90. The number of nitrogens with zero attached hydrogens (tertiary/aromatic N) is 8. The minimum absolute atomic E-state index is 0.116. The highest BCUT2D eigenvalue weighted by Gasteiger charge is 2.33. The van der Waals surface area contributed by atoms with Gasteiger partial charge in [0.25, 0.3) is 5.91 Å². The highest BCUT2D eigenvalue weighted by molar-refractivity contribution is 5.99. The van der Waals surface area contributed by atoms with Crippen molar-refractivity contribution >= 4 is 22.8 Å². The van der Waals surface area contributed by atoms with E-state index < -0.39 is 11.4 Å². The molecule has 49 heavy (non-hydrogen) atoms. The minimum atomic E-state index is -0.536. The molecule has 0 aliphatic carbocycles. The quantitative estimate of drug-likeness (QED) is 0.188. The smallest absolute Gasteiger partial charge is 0.264 e. The van der Waals surface area contributed by atoms with E-state index in [1.54, 1.807) is 47.0 Å². The average molecular weight is 668 g/mol. The molecule has 13 heteroatoms. The maximum Gasteiger partial charge on any atom is 0.264 e. The monoisotopic (exact) mass is 667 g/mol.